The van der Waals surface area contributed by atoms with Crippen LogP contribution in [0, 0.1) is 12.7 Å². The molecule has 0 saturated carbocycles. The van der Waals surface area contributed by atoms with Crippen molar-refractivity contribution in [1.82, 2.24) is 0 Å². The van der Waals surface area contributed by atoms with E-state index in [2.05, 4.69) is 5.32 Å². The molecule has 0 atom stereocenters. The maximum atomic E-state index is 13.2. The summed E-state index contributed by atoms with van der Waals surface area (Å²) in [6.07, 6.45) is 0. The molecular weight excluding hydrogens is 415 g/mol. The minimum Gasteiger partial charge on any atom is -0.325 e. The number of hydrogen-bond donors (Lipinski definition) is 1. The second-order valence-electron chi connectivity index (χ2n) is 6.36. The predicted molar refractivity (Wildman–Crippen MR) is 112 cm³/mol. The third-order valence-corrected chi connectivity index (χ3v) is 6.18. The van der Waals surface area contributed by atoms with E-state index in [4.69, 9.17) is 11.6 Å². The Morgan fingerprint density at radius 1 is 0.966 bits per heavy atom. The van der Waals surface area contributed by atoms with Gasteiger partial charge in [-0.05, 0) is 67.6 Å². The third-order valence-electron chi connectivity index (χ3n) is 4.14. The number of sulfonamides is 1. The number of nitrogens with one attached hydrogen (secondary N) is 1. The average Bonchev–Trinajstić information content (AvgIpc) is 2.69. The summed E-state index contributed by atoms with van der Waals surface area (Å²) in [6.45, 7) is 1.42. The number of amides is 1. The number of carbonyl (C=O) groups excluding carboxylic acids is 1. The second-order valence-corrected chi connectivity index (χ2v) is 8.65. The molecule has 0 bridgehead atoms. The first-order valence-corrected chi connectivity index (χ1v) is 10.5. The Kier molecular flexibility index (Phi) is 6.20. The van der Waals surface area contributed by atoms with Crippen molar-refractivity contribution in [2.24, 2.45) is 0 Å². The molecule has 0 radical (unpaired) electrons. The molecule has 0 aromatic heterocycles. The Bertz CT molecular complexity index is 1100. The highest BCUT2D eigenvalue weighted by Crippen LogP contribution is 2.24. The molecule has 0 aliphatic carbocycles. The lowest BCUT2D eigenvalue weighted by atomic mass is 10.2. The van der Waals surface area contributed by atoms with Crippen molar-refractivity contribution >= 4 is 38.9 Å². The standard InChI is InChI=1S/C21H18ClFN2O3S/c1-15-2-10-19(11-3-15)25(29(27,28)20-12-6-17(23)7-13-20)14-21(26)24-18-8-4-16(22)5-9-18/h2-13H,14H2,1H3,(H,24,26). The maximum Gasteiger partial charge on any atom is 0.264 e. The van der Waals surface area contributed by atoms with Crippen LogP contribution in [0.25, 0.3) is 0 Å². The number of aryl methyl sites for hydroxylation is 1. The van der Waals surface area contributed by atoms with Gasteiger partial charge in [0.15, 0.2) is 0 Å². The van der Waals surface area contributed by atoms with Gasteiger partial charge in [-0.25, -0.2) is 12.8 Å². The van der Waals surface area contributed by atoms with E-state index in [-0.39, 0.29) is 4.90 Å². The molecule has 0 aliphatic rings. The number of hydrogen-bond acceptors (Lipinski definition) is 3. The SMILES string of the molecule is Cc1ccc(N(CC(=O)Nc2ccc(Cl)cc2)S(=O)(=O)c2ccc(F)cc2)cc1. The maximum absolute atomic E-state index is 13.2. The van der Waals surface area contributed by atoms with Crippen molar-refractivity contribution in [2.45, 2.75) is 11.8 Å². The van der Waals surface area contributed by atoms with E-state index in [1.807, 2.05) is 6.92 Å². The fourth-order valence-electron chi connectivity index (χ4n) is 2.62. The fourth-order valence-corrected chi connectivity index (χ4v) is 4.17. The Balaban J connectivity index is 1.92. The van der Waals surface area contributed by atoms with Crippen LogP contribution in [-0.4, -0.2) is 20.9 Å². The van der Waals surface area contributed by atoms with Gasteiger partial charge >= 0.3 is 0 Å². The van der Waals surface area contributed by atoms with E-state index in [9.17, 15) is 17.6 Å². The summed E-state index contributed by atoms with van der Waals surface area (Å²) in [7, 11) is -4.09. The predicted octanol–water partition coefficient (Wildman–Crippen LogP) is 4.62. The summed E-state index contributed by atoms with van der Waals surface area (Å²) in [5.41, 5.74) is 1.76. The lowest BCUT2D eigenvalue weighted by Gasteiger charge is -2.24. The van der Waals surface area contributed by atoms with E-state index in [1.54, 1.807) is 48.5 Å². The van der Waals surface area contributed by atoms with E-state index in [1.165, 1.54) is 12.1 Å². The van der Waals surface area contributed by atoms with Crippen LogP contribution in [0.2, 0.25) is 5.02 Å². The topological polar surface area (TPSA) is 66.5 Å². The van der Waals surface area contributed by atoms with Gasteiger partial charge in [0, 0.05) is 10.7 Å². The zero-order chi connectivity index (χ0) is 21.0. The van der Waals surface area contributed by atoms with Crippen LogP contribution in [-0.2, 0) is 14.8 Å². The monoisotopic (exact) mass is 432 g/mol. The number of nitrogens with zero attached hydrogens (tertiary/aromatic N) is 1. The van der Waals surface area contributed by atoms with E-state index in [0.717, 1.165) is 22.0 Å². The molecule has 150 valence electrons. The first kappa shape index (κ1) is 20.8. The van der Waals surface area contributed by atoms with Gasteiger partial charge in [0.1, 0.15) is 12.4 Å². The molecule has 0 unspecified atom stereocenters. The Labute approximate surface area is 173 Å². The van der Waals surface area contributed by atoms with Gasteiger partial charge in [-0.2, -0.15) is 0 Å². The molecule has 1 amide bonds. The van der Waals surface area contributed by atoms with Gasteiger partial charge < -0.3 is 5.32 Å². The zero-order valence-electron chi connectivity index (χ0n) is 15.5. The summed E-state index contributed by atoms with van der Waals surface area (Å²) in [4.78, 5) is 12.5. The van der Waals surface area contributed by atoms with Crippen molar-refractivity contribution in [3.63, 3.8) is 0 Å². The van der Waals surface area contributed by atoms with E-state index in [0.29, 0.717) is 16.4 Å². The Morgan fingerprint density at radius 2 is 1.55 bits per heavy atom. The molecule has 0 aliphatic heterocycles. The van der Waals surface area contributed by atoms with Gasteiger partial charge in [-0.1, -0.05) is 29.3 Å². The number of halogens is 2. The smallest absolute Gasteiger partial charge is 0.264 e. The van der Waals surface area contributed by atoms with Gasteiger partial charge in [-0.15, -0.1) is 0 Å². The van der Waals surface area contributed by atoms with Crippen molar-refractivity contribution in [3.05, 3.63) is 89.2 Å². The molecule has 3 rings (SSSR count). The van der Waals surface area contributed by atoms with Crippen molar-refractivity contribution in [1.29, 1.82) is 0 Å². The number of benzene rings is 3. The van der Waals surface area contributed by atoms with Gasteiger partial charge in [-0.3, -0.25) is 9.10 Å². The van der Waals surface area contributed by atoms with Crippen molar-refractivity contribution in [2.75, 3.05) is 16.2 Å². The molecule has 8 heteroatoms. The van der Waals surface area contributed by atoms with Crippen LogP contribution < -0.4 is 9.62 Å². The first-order chi connectivity index (χ1) is 13.8. The molecule has 29 heavy (non-hydrogen) atoms. The van der Waals surface area contributed by atoms with Crippen molar-refractivity contribution in [3.8, 4) is 0 Å². The molecule has 0 saturated heterocycles. The normalized spacial score (nSPS) is 11.1. The third kappa shape index (κ3) is 5.13. The first-order valence-electron chi connectivity index (χ1n) is 8.66. The molecule has 1 N–H and O–H groups in total. The minimum absolute atomic E-state index is 0.112. The highest BCUT2D eigenvalue weighted by atomic mass is 35.5. The summed E-state index contributed by atoms with van der Waals surface area (Å²) in [5.74, 6) is -1.08. The number of anilines is 2. The molecule has 3 aromatic carbocycles. The minimum atomic E-state index is -4.09. The molecule has 3 aromatic rings. The van der Waals surface area contributed by atoms with Gasteiger partial charge in [0.05, 0.1) is 10.6 Å². The molecule has 0 spiro atoms. The van der Waals surface area contributed by atoms with Crippen LogP contribution in [0.3, 0.4) is 0 Å². The molecule has 0 fully saturated rings. The van der Waals surface area contributed by atoms with Crippen molar-refractivity contribution < 1.29 is 17.6 Å². The summed E-state index contributed by atoms with van der Waals surface area (Å²) >= 11 is 5.84. The van der Waals surface area contributed by atoms with E-state index >= 15 is 0 Å². The van der Waals surface area contributed by atoms with Gasteiger partial charge in [0.25, 0.3) is 10.0 Å². The zero-order valence-corrected chi connectivity index (χ0v) is 17.0. The Hall–Kier alpha value is -2.90. The highest BCUT2D eigenvalue weighted by molar-refractivity contribution is 7.92. The average molecular weight is 433 g/mol. The quantitative estimate of drug-likeness (QED) is 0.618. The highest BCUT2D eigenvalue weighted by Gasteiger charge is 2.27. The fraction of sp³-hybridized carbons (Fsp3) is 0.0952. The molecular formula is C21H18ClFN2O3S. The number of rotatable bonds is 6. The van der Waals surface area contributed by atoms with Crippen LogP contribution in [0.5, 0.6) is 0 Å². The molecule has 0 heterocycles. The summed E-state index contributed by atoms with van der Waals surface area (Å²) in [5, 5.41) is 3.17. The van der Waals surface area contributed by atoms with Crippen LogP contribution >= 0.6 is 11.6 Å². The summed E-state index contributed by atoms with van der Waals surface area (Å²) < 4.78 is 40.6. The van der Waals surface area contributed by atoms with Crippen LogP contribution in [0.1, 0.15) is 5.56 Å². The lowest BCUT2D eigenvalue weighted by molar-refractivity contribution is -0.114. The Morgan fingerprint density at radius 3 is 2.14 bits per heavy atom. The van der Waals surface area contributed by atoms with Crippen LogP contribution in [0.4, 0.5) is 15.8 Å². The van der Waals surface area contributed by atoms with E-state index < -0.39 is 28.3 Å². The summed E-state index contributed by atoms with van der Waals surface area (Å²) in [6, 6.07) is 17.7. The number of carbonyl (C=O) groups is 1. The molecule has 5 nitrogen and oxygen atoms in total. The van der Waals surface area contributed by atoms with Crippen LogP contribution in [0.15, 0.2) is 77.7 Å². The van der Waals surface area contributed by atoms with Gasteiger partial charge in [0.2, 0.25) is 5.91 Å². The second kappa shape index (κ2) is 8.63. The lowest BCUT2D eigenvalue weighted by Crippen LogP contribution is -2.38. The largest absolute Gasteiger partial charge is 0.325 e.